The van der Waals surface area contributed by atoms with E-state index in [1.54, 1.807) is 29.4 Å². The highest BCUT2D eigenvalue weighted by Gasteiger charge is 2.24. The number of pyridine rings is 1. The summed E-state index contributed by atoms with van der Waals surface area (Å²) in [5.74, 6) is 1.19. The molecule has 4 rings (SSSR count). The van der Waals surface area contributed by atoms with Crippen LogP contribution < -0.4 is 10.1 Å². The van der Waals surface area contributed by atoms with Gasteiger partial charge >= 0.3 is 6.03 Å². The zero-order chi connectivity index (χ0) is 20.1. The van der Waals surface area contributed by atoms with Crippen LogP contribution in [0.3, 0.4) is 0 Å². The molecule has 150 valence electrons. The number of urea groups is 1. The van der Waals surface area contributed by atoms with Gasteiger partial charge in [-0.25, -0.2) is 9.78 Å². The summed E-state index contributed by atoms with van der Waals surface area (Å²) in [6.07, 6.45) is 5.11. The molecule has 2 aromatic heterocycles. The Morgan fingerprint density at radius 1 is 1.28 bits per heavy atom. The number of anilines is 1. The van der Waals surface area contributed by atoms with Gasteiger partial charge in [0.25, 0.3) is 0 Å². The Hall–Kier alpha value is -3.39. The number of aryl methyl sites for hydroxylation is 1. The van der Waals surface area contributed by atoms with Crippen molar-refractivity contribution in [1.82, 2.24) is 19.7 Å². The highest BCUT2D eigenvalue weighted by molar-refractivity contribution is 5.89. The van der Waals surface area contributed by atoms with E-state index in [1.807, 2.05) is 48.1 Å². The lowest BCUT2D eigenvalue weighted by Gasteiger charge is -2.32. The third kappa shape index (κ3) is 5.11. The Bertz CT molecular complexity index is 926. The molecule has 1 N–H and O–H groups in total. The molecule has 0 unspecified atom stereocenters. The van der Waals surface area contributed by atoms with Crippen LogP contribution in [0.1, 0.15) is 5.56 Å². The molecule has 8 heteroatoms. The maximum atomic E-state index is 12.6. The van der Waals surface area contributed by atoms with E-state index in [0.29, 0.717) is 37.8 Å². The maximum Gasteiger partial charge on any atom is 0.322 e. The zero-order valence-corrected chi connectivity index (χ0v) is 16.2. The van der Waals surface area contributed by atoms with Crippen molar-refractivity contribution in [1.29, 1.82) is 0 Å². The van der Waals surface area contributed by atoms with Crippen LogP contribution in [-0.2, 0) is 11.3 Å². The van der Waals surface area contributed by atoms with Crippen LogP contribution >= 0.6 is 0 Å². The first-order chi connectivity index (χ1) is 14.2. The van der Waals surface area contributed by atoms with Crippen LogP contribution in [0.2, 0.25) is 0 Å². The molecule has 0 bridgehead atoms. The molecule has 3 heterocycles. The highest BCUT2D eigenvalue weighted by Crippen LogP contribution is 2.21. The summed E-state index contributed by atoms with van der Waals surface area (Å²) < 4.78 is 13.3. The molecule has 8 nitrogen and oxygen atoms in total. The van der Waals surface area contributed by atoms with E-state index in [2.05, 4.69) is 15.4 Å². The molecular formula is C21H23N5O3. The lowest BCUT2D eigenvalue weighted by Crippen LogP contribution is -2.48. The predicted molar refractivity (Wildman–Crippen MR) is 108 cm³/mol. The van der Waals surface area contributed by atoms with Gasteiger partial charge in [-0.2, -0.15) is 5.10 Å². The van der Waals surface area contributed by atoms with E-state index in [-0.39, 0.29) is 12.1 Å². The van der Waals surface area contributed by atoms with E-state index in [4.69, 9.17) is 9.47 Å². The van der Waals surface area contributed by atoms with Gasteiger partial charge in [0.2, 0.25) is 5.88 Å². The molecule has 1 aromatic carbocycles. The van der Waals surface area contributed by atoms with Crippen LogP contribution in [-0.4, -0.2) is 51.5 Å². The number of nitrogens with zero attached hydrogens (tertiary/aromatic N) is 4. The Kier molecular flexibility index (Phi) is 5.71. The summed E-state index contributed by atoms with van der Waals surface area (Å²) in [6.45, 7) is 4.19. The summed E-state index contributed by atoms with van der Waals surface area (Å²) in [6, 6.07) is 12.9. The number of carbonyl (C=O) groups is 1. The molecule has 0 saturated carbocycles. The van der Waals surface area contributed by atoms with Crippen LogP contribution in [0.25, 0.3) is 0 Å². The SMILES string of the molecule is Cc1ccc(Oc2ccc(NC(=O)N3CCO[C@@H](Cn4cccn4)C3)cn2)cc1. The third-order valence-corrected chi connectivity index (χ3v) is 4.61. The highest BCUT2D eigenvalue weighted by atomic mass is 16.5. The van der Waals surface area contributed by atoms with Crippen molar-refractivity contribution in [2.24, 2.45) is 0 Å². The van der Waals surface area contributed by atoms with Crippen molar-refractivity contribution in [2.45, 2.75) is 19.6 Å². The number of hydrogen-bond donors (Lipinski definition) is 1. The maximum absolute atomic E-state index is 12.6. The van der Waals surface area contributed by atoms with Gasteiger partial charge in [0, 0.05) is 25.0 Å². The molecule has 0 radical (unpaired) electrons. The Morgan fingerprint density at radius 2 is 2.14 bits per heavy atom. The van der Waals surface area contributed by atoms with Crippen LogP contribution in [0.15, 0.2) is 61.1 Å². The van der Waals surface area contributed by atoms with Gasteiger partial charge in [0.1, 0.15) is 5.75 Å². The average Bonchev–Trinajstić information content (AvgIpc) is 3.24. The fourth-order valence-electron chi connectivity index (χ4n) is 3.08. The number of morpholine rings is 1. The normalized spacial score (nSPS) is 16.4. The molecule has 29 heavy (non-hydrogen) atoms. The van der Waals surface area contributed by atoms with Gasteiger partial charge in [-0.15, -0.1) is 0 Å². The second kappa shape index (κ2) is 8.74. The van der Waals surface area contributed by atoms with Gasteiger partial charge < -0.3 is 19.7 Å². The Balaban J connectivity index is 1.31. The molecular weight excluding hydrogens is 370 g/mol. The number of hydrogen-bond acceptors (Lipinski definition) is 5. The smallest absolute Gasteiger partial charge is 0.322 e. The van der Waals surface area contributed by atoms with E-state index < -0.39 is 0 Å². The van der Waals surface area contributed by atoms with Crippen LogP contribution in [0, 0.1) is 6.92 Å². The minimum atomic E-state index is -0.173. The average molecular weight is 393 g/mol. The van der Waals surface area contributed by atoms with Crippen LogP contribution in [0.5, 0.6) is 11.6 Å². The minimum Gasteiger partial charge on any atom is -0.439 e. The van der Waals surface area contributed by atoms with Crippen molar-refractivity contribution in [3.8, 4) is 11.6 Å². The largest absolute Gasteiger partial charge is 0.439 e. The minimum absolute atomic E-state index is 0.0854. The molecule has 0 spiro atoms. The quantitative estimate of drug-likeness (QED) is 0.719. The summed E-state index contributed by atoms with van der Waals surface area (Å²) in [5, 5.41) is 7.07. The lowest BCUT2D eigenvalue weighted by atomic mass is 10.2. The molecule has 3 aromatic rings. The monoisotopic (exact) mass is 393 g/mol. The third-order valence-electron chi connectivity index (χ3n) is 4.61. The first-order valence-electron chi connectivity index (χ1n) is 9.51. The second-order valence-electron chi connectivity index (χ2n) is 6.90. The molecule has 1 fully saturated rings. The number of ether oxygens (including phenoxy) is 2. The number of benzene rings is 1. The molecule has 0 aliphatic carbocycles. The standard InChI is InChI=1S/C21H23N5O3/c1-16-3-6-18(7-4-16)29-20-8-5-17(13-22-20)24-21(27)25-11-12-28-19(14-25)15-26-10-2-9-23-26/h2-10,13,19H,11-12,14-15H2,1H3,(H,24,27)/t19-/m1/s1. The van der Waals surface area contributed by atoms with Gasteiger partial charge in [0.05, 0.1) is 37.7 Å². The van der Waals surface area contributed by atoms with Crippen LogP contribution in [0.4, 0.5) is 10.5 Å². The molecule has 1 atom stereocenters. The van der Waals surface area contributed by atoms with E-state index in [0.717, 1.165) is 5.75 Å². The van der Waals surface area contributed by atoms with E-state index >= 15 is 0 Å². The number of rotatable bonds is 5. The summed E-state index contributed by atoms with van der Waals surface area (Å²) in [7, 11) is 0. The summed E-state index contributed by atoms with van der Waals surface area (Å²) >= 11 is 0. The Morgan fingerprint density at radius 3 is 2.86 bits per heavy atom. The molecule has 1 aliphatic rings. The van der Waals surface area contributed by atoms with Gasteiger partial charge in [-0.1, -0.05) is 17.7 Å². The fraction of sp³-hybridized carbons (Fsp3) is 0.286. The Labute approximate surface area is 169 Å². The second-order valence-corrected chi connectivity index (χ2v) is 6.90. The van der Waals surface area contributed by atoms with Crippen molar-refractivity contribution in [3.05, 3.63) is 66.6 Å². The number of carbonyl (C=O) groups excluding carboxylic acids is 1. The first-order valence-corrected chi connectivity index (χ1v) is 9.51. The fourth-order valence-corrected chi connectivity index (χ4v) is 3.08. The topological polar surface area (TPSA) is 81.5 Å². The van der Waals surface area contributed by atoms with Crippen molar-refractivity contribution in [2.75, 3.05) is 25.0 Å². The molecule has 2 amide bonds. The van der Waals surface area contributed by atoms with E-state index in [1.165, 1.54) is 5.56 Å². The predicted octanol–water partition coefficient (Wildman–Crippen LogP) is 3.31. The zero-order valence-electron chi connectivity index (χ0n) is 16.2. The number of amides is 2. The molecule has 1 aliphatic heterocycles. The number of aromatic nitrogens is 3. The lowest BCUT2D eigenvalue weighted by molar-refractivity contribution is -0.0219. The van der Waals surface area contributed by atoms with E-state index in [9.17, 15) is 4.79 Å². The van der Waals surface area contributed by atoms with Gasteiger partial charge in [0.15, 0.2) is 0 Å². The van der Waals surface area contributed by atoms with Crippen molar-refractivity contribution in [3.63, 3.8) is 0 Å². The summed E-state index contributed by atoms with van der Waals surface area (Å²) in [5.41, 5.74) is 1.78. The van der Waals surface area contributed by atoms with Crippen molar-refractivity contribution < 1.29 is 14.3 Å². The van der Waals surface area contributed by atoms with Crippen molar-refractivity contribution >= 4 is 11.7 Å². The van der Waals surface area contributed by atoms with Gasteiger partial charge in [-0.05, 0) is 31.2 Å². The van der Waals surface area contributed by atoms with Gasteiger partial charge in [-0.3, -0.25) is 4.68 Å². The summed E-state index contributed by atoms with van der Waals surface area (Å²) in [4.78, 5) is 18.6. The number of nitrogens with one attached hydrogen (secondary N) is 1. The molecule has 1 saturated heterocycles. The first kappa shape index (κ1) is 18.9.